The number of hydrogen-bond donors (Lipinski definition) is 2. The molecule has 0 aromatic carbocycles. The number of thiazole rings is 1. The Balaban J connectivity index is 2.34. The molecular formula is C8H13N3OS. The van der Waals surface area contributed by atoms with E-state index in [9.17, 15) is 4.79 Å². The van der Waals surface area contributed by atoms with Crippen LogP contribution in [0.4, 0.5) is 0 Å². The molecule has 4 nitrogen and oxygen atoms in total. The van der Waals surface area contributed by atoms with E-state index >= 15 is 0 Å². The lowest BCUT2D eigenvalue weighted by molar-refractivity contribution is -0.121. The summed E-state index contributed by atoms with van der Waals surface area (Å²) in [7, 11) is 0. The summed E-state index contributed by atoms with van der Waals surface area (Å²) in [4.78, 5) is 15.3. The Kier molecular flexibility index (Phi) is 3.85. The van der Waals surface area contributed by atoms with E-state index in [1.807, 2.05) is 12.3 Å². The predicted molar refractivity (Wildman–Crippen MR) is 52.5 cm³/mol. The van der Waals surface area contributed by atoms with Crippen LogP contribution >= 0.6 is 11.3 Å². The fourth-order valence-corrected chi connectivity index (χ4v) is 1.43. The van der Waals surface area contributed by atoms with E-state index in [-0.39, 0.29) is 11.9 Å². The summed E-state index contributed by atoms with van der Waals surface area (Å²) in [6.45, 7) is 2.34. The van der Waals surface area contributed by atoms with Gasteiger partial charge in [0.15, 0.2) is 0 Å². The molecule has 0 spiro atoms. The number of hydrogen-bond acceptors (Lipinski definition) is 4. The van der Waals surface area contributed by atoms with Gasteiger partial charge in [0.2, 0.25) is 5.91 Å². The Morgan fingerprint density at radius 1 is 1.85 bits per heavy atom. The predicted octanol–water partition coefficient (Wildman–Crippen LogP) is 0.149. The zero-order chi connectivity index (χ0) is 9.68. The minimum atomic E-state index is -0.0242. The third-order valence-corrected chi connectivity index (χ3v) is 2.22. The van der Waals surface area contributed by atoms with Gasteiger partial charge in [-0.15, -0.1) is 11.3 Å². The van der Waals surface area contributed by atoms with Crippen molar-refractivity contribution >= 4 is 17.2 Å². The van der Waals surface area contributed by atoms with Gasteiger partial charge >= 0.3 is 0 Å². The lowest BCUT2D eigenvalue weighted by atomic mass is 10.3. The van der Waals surface area contributed by atoms with Crippen molar-refractivity contribution in [2.75, 3.05) is 6.54 Å². The Bertz CT molecular complexity index is 260. The second kappa shape index (κ2) is 4.94. The monoisotopic (exact) mass is 199 g/mol. The molecule has 1 amide bonds. The van der Waals surface area contributed by atoms with Crippen LogP contribution in [0.2, 0.25) is 0 Å². The van der Waals surface area contributed by atoms with Crippen molar-refractivity contribution in [1.29, 1.82) is 0 Å². The summed E-state index contributed by atoms with van der Waals surface area (Å²) >= 11 is 1.49. The third-order valence-electron chi connectivity index (χ3n) is 1.59. The highest BCUT2D eigenvalue weighted by molar-refractivity contribution is 7.07. The van der Waals surface area contributed by atoms with Crippen LogP contribution in [0.5, 0.6) is 0 Å². The molecule has 0 radical (unpaired) electrons. The van der Waals surface area contributed by atoms with E-state index in [2.05, 4.69) is 10.3 Å². The van der Waals surface area contributed by atoms with Gasteiger partial charge in [0.25, 0.3) is 0 Å². The SMILES string of the molecule is CC(CN)NC(=O)Cc1cscn1. The van der Waals surface area contributed by atoms with Crippen molar-refractivity contribution in [2.24, 2.45) is 5.73 Å². The first kappa shape index (κ1) is 10.1. The van der Waals surface area contributed by atoms with E-state index in [0.717, 1.165) is 5.69 Å². The molecule has 1 heterocycles. The molecule has 1 atom stereocenters. The molecule has 72 valence electrons. The number of aromatic nitrogens is 1. The summed E-state index contributed by atoms with van der Waals surface area (Å²) in [6, 6.07) is 0.0335. The summed E-state index contributed by atoms with van der Waals surface area (Å²) in [5, 5.41) is 4.64. The van der Waals surface area contributed by atoms with Gasteiger partial charge in [-0.3, -0.25) is 4.79 Å². The van der Waals surface area contributed by atoms with Crippen molar-refractivity contribution in [3.8, 4) is 0 Å². The van der Waals surface area contributed by atoms with E-state index < -0.39 is 0 Å². The summed E-state index contributed by atoms with van der Waals surface area (Å²) in [5.74, 6) is -0.0242. The average molecular weight is 199 g/mol. The van der Waals surface area contributed by atoms with Crippen LogP contribution in [0.25, 0.3) is 0 Å². The molecule has 3 N–H and O–H groups in total. The van der Waals surface area contributed by atoms with Crippen molar-refractivity contribution in [2.45, 2.75) is 19.4 Å². The maximum absolute atomic E-state index is 11.3. The van der Waals surface area contributed by atoms with E-state index in [4.69, 9.17) is 5.73 Å². The number of nitrogens with two attached hydrogens (primary N) is 1. The zero-order valence-corrected chi connectivity index (χ0v) is 8.30. The first-order chi connectivity index (χ1) is 6.22. The molecule has 5 heteroatoms. The van der Waals surface area contributed by atoms with Gasteiger partial charge < -0.3 is 11.1 Å². The topological polar surface area (TPSA) is 68.0 Å². The summed E-state index contributed by atoms with van der Waals surface area (Å²) in [6.07, 6.45) is 0.341. The zero-order valence-electron chi connectivity index (χ0n) is 7.49. The fourth-order valence-electron chi connectivity index (χ4n) is 0.874. The highest BCUT2D eigenvalue weighted by atomic mass is 32.1. The second-order valence-electron chi connectivity index (χ2n) is 2.86. The van der Waals surface area contributed by atoms with Gasteiger partial charge in [-0.25, -0.2) is 4.98 Å². The largest absolute Gasteiger partial charge is 0.352 e. The number of amides is 1. The highest BCUT2D eigenvalue weighted by Gasteiger charge is 2.07. The van der Waals surface area contributed by atoms with Gasteiger partial charge in [0, 0.05) is 18.0 Å². The normalized spacial score (nSPS) is 12.5. The van der Waals surface area contributed by atoms with Crippen molar-refractivity contribution in [1.82, 2.24) is 10.3 Å². The minimum absolute atomic E-state index is 0.0242. The van der Waals surface area contributed by atoms with Crippen LogP contribution < -0.4 is 11.1 Å². The molecule has 1 aromatic heterocycles. The Labute approximate surface area is 81.2 Å². The number of carbonyl (C=O) groups is 1. The Morgan fingerprint density at radius 2 is 2.62 bits per heavy atom. The molecule has 1 aromatic rings. The maximum Gasteiger partial charge on any atom is 0.226 e. The minimum Gasteiger partial charge on any atom is -0.352 e. The first-order valence-electron chi connectivity index (χ1n) is 4.09. The second-order valence-corrected chi connectivity index (χ2v) is 3.58. The molecule has 0 saturated heterocycles. The molecule has 0 fully saturated rings. The van der Waals surface area contributed by atoms with E-state index in [0.29, 0.717) is 13.0 Å². The molecule has 0 aliphatic rings. The van der Waals surface area contributed by atoms with Gasteiger partial charge in [0.1, 0.15) is 0 Å². The third kappa shape index (κ3) is 3.52. The number of nitrogens with one attached hydrogen (secondary N) is 1. The van der Waals surface area contributed by atoms with E-state index in [1.165, 1.54) is 11.3 Å². The van der Waals surface area contributed by atoms with Gasteiger partial charge in [-0.2, -0.15) is 0 Å². The Hall–Kier alpha value is -0.940. The van der Waals surface area contributed by atoms with Gasteiger partial charge in [0.05, 0.1) is 17.6 Å². The number of carbonyl (C=O) groups excluding carboxylic acids is 1. The number of nitrogens with zero attached hydrogens (tertiary/aromatic N) is 1. The molecule has 0 saturated carbocycles. The van der Waals surface area contributed by atoms with E-state index in [1.54, 1.807) is 5.51 Å². The lowest BCUT2D eigenvalue weighted by Gasteiger charge is -2.09. The van der Waals surface area contributed by atoms with Crippen molar-refractivity contribution in [3.63, 3.8) is 0 Å². The van der Waals surface area contributed by atoms with Crippen LogP contribution in [0.3, 0.4) is 0 Å². The highest BCUT2D eigenvalue weighted by Crippen LogP contribution is 2.01. The van der Waals surface area contributed by atoms with Crippen molar-refractivity contribution < 1.29 is 4.79 Å². The van der Waals surface area contributed by atoms with Gasteiger partial charge in [-0.1, -0.05) is 0 Å². The van der Waals surface area contributed by atoms with Gasteiger partial charge in [-0.05, 0) is 6.92 Å². The van der Waals surface area contributed by atoms with Crippen LogP contribution in [0.15, 0.2) is 10.9 Å². The molecule has 1 unspecified atom stereocenters. The average Bonchev–Trinajstić information content (AvgIpc) is 2.56. The molecular weight excluding hydrogens is 186 g/mol. The molecule has 0 bridgehead atoms. The van der Waals surface area contributed by atoms with Crippen LogP contribution in [0, 0.1) is 0 Å². The number of rotatable bonds is 4. The summed E-state index contributed by atoms with van der Waals surface area (Å²) < 4.78 is 0. The van der Waals surface area contributed by atoms with Crippen molar-refractivity contribution in [3.05, 3.63) is 16.6 Å². The maximum atomic E-state index is 11.3. The standard InChI is InChI=1S/C8H13N3OS/c1-6(3-9)11-8(12)2-7-4-13-5-10-7/h4-6H,2-3,9H2,1H3,(H,11,12). The smallest absolute Gasteiger partial charge is 0.226 e. The summed E-state index contributed by atoms with van der Waals surface area (Å²) in [5.41, 5.74) is 7.89. The quantitative estimate of drug-likeness (QED) is 0.725. The van der Waals surface area contributed by atoms with Crippen LogP contribution in [-0.2, 0) is 11.2 Å². The molecule has 0 aliphatic heterocycles. The fraction of sp³-hybridized carbons (Fsp3) is 0.500. The molecule has 1 rings (SSSR count). The Morgan fingerprint density at radius 3 is 3.15 bits per heavy atom. The first-order valence-corrected chi connectivity index (χ1v) is 5.03. The lowest BCUT2D eigenvalue weighted by Crippen LogP contribution is -2.38. The molecule has 0 aliphatic carbocycles. The van der Waals surface area contributed by atoms with Crippen LogP contribution in [0.1, 0.15) is 12.6 Å². The molecule has 13 heavy (non-hydrogen) atoms. The van der Waals surface area contributed by atoms with Crippen LogP contribution in [-0.4, -0.2) is 23.5 Å².